The summed E-state index contributed by atoms with van der Waals surface area (Å²) < 4.78 is 31.3. The molecule has 5 rings (SSSR count). The van der Waals surface area contributed by atoms with E-state index in [9.17, 15) is 12.9 Å². The summed E-state index contributed by atoms with van der Waals surface area (Å²) >= 11 is 0. The summed E-state index contributed by atoms with van der Waals surface area (Å²) in [6, 6.07) is 30.2. The van der Waals surface area contributed by atoms with Gasteiger partial charge < -0.3 is 4.70 Å². The molecular weight excluding hydrogens is 477 g/mol. The minimum Gasteiger partial charge on any atom is -1.00 e. The fourth-order valence-electron chi connectivity index (χ4n) is 3.95. The van der Waals surface area contributed by atoms with Gasteiger partial charge in [-0.3, -0.25) is 22.9 Å². The average molecular weight is 501 g/mol. The predicted molar refractivity (Wildman–Crippen MR) is 138 cm³/mol. The van der Waals surface area contributed by atoms with Gasteiger partial charge in [0.05, 0.1) is 0 Å². The van der Waals surface area contributed by atoms with Crippen molar-refractivity contribution in [2.24, 2.45) is 0 Å². The van der Waals surface area contributed by atoms with Gasteiger partial charge in [0, 0.05) is 60.2 Å². The fraction of sp³-hybridized carbons (Fsp3) is 0.0690. The molecular formula is C29H24BF4N3. The molecule has 37 heavy (non-hydrogen) atoms. The van der Waals surface area contributed by atoms with E-state index < -0.39 is 7.54 Å². The Hall–Kier alpha value is -4.33. The predicted octanol–water partition coefficient (Wildman–Crippen LogP) is 4.25. The van der Waals surface area contributed by atoms with Crippen LogP contribution >= 0.6 is 0 Å². The molecule has 0 saturated heterocycles. The Labute approximate surface area is 213 Å². The van der Waals surface area contributed by atoms with Crippen LogP contribution in [0.1, 0.15) is 11.1 Å². The number of rotatable bonds is 4. The SMILES string of the molecule is Cc1ccc(-c2cc(-c3ccncc3)cc(-c3ccc(C)cc3)[n+]2-c2ccncc2)cc1.FB(F)F.[F-]. The maximum atomic E-state index is 9.67. The molecule has 0 radical (unpaired) electrons. The Morgan fingerprint density at radius 2 is 0.919 bits per heavy atom. The smallest absolute Gasteiger partial charge is 0.762 e. The van der Waals surface area contributed by atoms with Gasteiger partial charge in [-0.1, -0.05) is 35.4 Å². The van der Waals surface area contributed by atoms with E-state index in [1.165, 1.54) is 11.1 Å². The molecule has 0 bridgehead atoms. The van der Waals surface area contributed by atoms with Crippen LogP contribution in [0.4, 0.5) is 12.9 Å². The second-order valence-corrected chi connectivity index (χ2v) is 8.27. The van der Waals surface area contributed by atoms with E-state index in [4.69, 9.17) is 0 Å². The Balaban J connectivity index is 0.000000711. The van der Waals surface area contributed by atoms with E-state index in [2.05, 4.69) is 113 Å². The van der Waals surface area contributed by atoms with Crippen LogP contribution in [0.3, 0.4) is 0 Å². The largest absolute Gasteiger partial charge is 1.00 e. The van der Waals surface area contributed by atoms with Crippen LogP contribution in [0.15, 0.2) is 110 Å². The summed E-state index contributed by atoms with van der Waals surface area (Å²) in [6.45, 7) is 4.23. The summed E-state index contributed by atoms with van der Waals surface area (Å²) in [6.07, 6.45) is 7.38. The van der Waals surface area contributed by atoms with Gasteiger partial charge in [-0.15, -0.1) is 0 Å². The summed E-state index contributed by atoms with van der Waals surface area (Å²) in [5.74, 6) is 0. The van der Waals surface area contributed by atoms with Crippen molar-refractivity contribution in [3.63, 3.8) is 0 Å². The third kappa shape index (κ3) is 6.88. The lowest BCUT2D eigenvalue weighted by molar-refractivity contribution is -0.572. The molecule has 3 nitrogen and oxygen atoms in total. The van der Waals surface area contributed by atoms with Crippen molar-refractivity contribution >= 4 is 7.54 Å². The van der Waals surface area contributed by atoms with Crippen LogP contribution in [-0.2, 0) is 0 Å². The lowest BCUT2D eigenvalue weighted by atomic mass is 9.98. The highest BCUT2D eigenvalue weighted by atomic mass is 19.4. The normalized spacial score (nSPS) is 10.1. The molecule has 8 heteroatoms. The van der Waals surface area contributed by atoms with Gasteiger partial charge in [-0.2, -0.15) is 4.57 Å². The molecule has 0 aliphatic rings. The molecule has 0 aliphatic carbocycles. The van der Waals surface area contributed by atoms with Crippen LogP contribution < -0.4 is 9.27 Å². The van der Waals surface area contributed by atoms with Crippen LogP contribution in [0.2, 0.25) is 0 Å². The highest BCUT2D eigenvalue weighted by Gasteiger charge is 2.24. The molecule has 0 unspecified atom stereocenters. The minimum absolute atomic E-state index is 0. The first-order valence-corrected chi connectivity index (χ1v) is 11.4. The lowest BCUT2D eigenvalue weighted by Crippen LogP contribution is -3.00. The molecule has 0 aliphatic heterocycles. The van der Waals surface area contributed by atoms with E-state index in [1.807, 2.05) is 24.8 Å². The Morgan fingerprint density at radius 3 is 1.32 bits per heavy atom. The molecule has 0 saturated carbocycles. The number of nitrogens with zero attached hydrogens (tertiary/aromatic N) is 3. The van der Waals surface area contributed by atoms with Gasteiger partial charge in [-0.05, 0) is 61.4 Å². The molecule has 0 N–H and O–H groups in total. The summed E-state index contributed by atoms with van der Waals surface area (Å²) in [5, 5.41) is 0. The number of hydrogen-bond donors (Lipinski definition) is 0. The maximum Gasteiger partial charge on any atom is 0.762 e. The molecule has 0 fully saturated rings. The van der Waals surface area contributed by atoms with Gasteiger partial charge in [-0.25, -0.2) is 0 Å². The topological polar surface area (TPSA) is 29.7 Å². The minimum atomic E-state index is -3.67. The quantitative estimate of drug-likeness (QED) is 0.209. The molecule has 3 heterocycles. The van der Waals surface area contributed by atoms with Crippen molar-refractivity contribution < 1.29 is 22.2 Å². The van der Waals surface area contributed by atoms with E-state index in [0.717, 1.165) is 39.3 Å². The van der Waals surface area contributed by atoms with Gasteiger partial charge in [0.1, 0.15) is 0 Å². The summed E-state index contributed by atoms with van der Waals surface area (Å²) in [4.78, 5) is 8.45. The zero-order chi connectivity index (χ0) is 25.5. The third-order valence-electron chi connectivity index (χ3n) is 5.70. The van der Waals surface area contributed by atoms with E-state index in [0.29, 0.717) is 0 Å². The van der Waals surface area contributed by atoms with Crippen molar-refractivity contribution in [1.82, 2.24) is 9.97 Å². The summed E-state index contributed by atoms with van der Waals surface area (Å²) in [7, 11) is -3.67. The van der Waals surface area contributed by atoms with Gasteiger partial charge >= 0.3 is 7.54 Å². The molecule has 5 aromatic rings. The lowest BCUT2D eigenvalue weighted by Gasteiger charge is -2.12. The van der Waals surface area contributed by atoms with Crippen molar-refractivity contribution in [1.29, 1.82) is 0 Å². The number of aromatic nitrogens is 3. The molecule has 186 valence electrons. The first-order valence-electron chi connectivity index (χ1n) is 11.4. The Morgan fingerprint density at radius 1 is 0.541 bits per heavy atom. The number of aryl methyl sites for hydroxylation is 2. The molecule has 2 aromatic carbocycles. The molecule has 0 amide bonds. The number of pyridine rings is 3. The van der Waals surface area contributed by atoms with Crippen LogP contribution in [-0.4, -0.2) is 17.5 Å². The van der Waals surface area contributed by atoms with Crippen LogP contribution in [0.5, 0.6) is 0 Å². The van der Waals surface area contributed by atoms with Crippen LogP contribution in [0, 0.1) is 13.8 Å². The maximum absolute atomic E-state index is 9.67. The van der Waals surface area contributed by atoms with E-state index in [1.54, 1.807) is 0 Å². The van der Waals surface area contributed by atoms with Crippen molar-refractivity contribution in [2.45, 2.75) is 13.8 Å². The molecule has 3 aromatic heterocycles. The van der Waals surface area contributed by atoms with Crippen molar-refractivity contribution in [3.8, 4) is 39.3 Å². The average Bonchev–Trinajstić information content (AvgIpc) is 2.89. The monoisotopic (exact) mass is 501 g/mol. The molecule has 0 spiro atoms. The molecule has 0 atom stereocenters. The van der Waals surface area contributed by atoms with Crippen LogP contribution in [0.25, 0.3) is 39.3 Å². The highest BCUT2D eigenvalue weighted by molar-refractivity contribution is 6.33. The van der Waals surface area contributed by atoms with Gasteiger partial charge in [0.25, 0.3) is 0 Å². The second kappa shape index (κ2) is 12.6. The van der Waals surface area contributed by atoms with E-state index in [-0.39, 0.29) is 4.70 Å². The standard InChI is InChI=1S/C29H24N3.BF3.FH/c1-21-3-7-24(8-4-21)28-19-26(23-11-15-30-16-12-23)20-29(25-9-5-22(2)6-10-25)32(28)27-13-17-31-18-14-27;2-1(3)4;/h3-20H,1-2H3;;1H/q+1;;/p-1. The van der Waals surface area contributed by atoms with Crippen molar-refractivity contribution in [3.05, 3.63) is 121 Å². The van der Waals surface area contributed by atoms with Gasteiger partial charge in [0.2, 0.25) is 17.1 Å². The zero-order valence-electron chi connectivity index (χ0n) is 20.3. The second-order valence-electron chi connectivity index (χ2n) is 8.27. The number of benzene rings is 2. The van der Waals surface area contributed by atoms with Crippen molar-refractivity contribution in [2.75, 3.05) is 0 Å². The first-order chi connectivity index (χ1) is 17.4. The summed E-state index contributed by atoms with van der Waals surface area (Å²) in [5.41, 5.74) is 10.4. The fourth-order valence-corrected chi connectivity index (χ4v) is 3.95. The zero-order valence-corrected chi connectivity index (χ0v) is 20.3. The first kappa shape index (κ1) is 27.3. The Bertz CT molecular complexity index is 1340. The van der Waals surface area contributed by atoms with E-state index >= 15 is 0 Å². The Kier molecular flexibility index (Phi) is 9.27. The number of halogens is 4. The van der Waals surface area contributed by atoms with Gasteiger partial charge in [0.15, 0.2) is 0 Å². The highest BCUT2D eigenvalue weighted by Crippen LogP contribution is 2.30. The number of hydrogen-bond acceptors (Lipinski definition) is 2. The third-order valence-corrected chi connectivity index (χ3v) is 5.70.